The summed E-state index contributed by atoms with van der Waals surface area (Å²) in [5, 5.41) is 8.34. The number of imide groups is 1. The van der Waals surface area contributed by atoms with Gasteiger partial charge < -0.3 is 14.5 Å². The maximum atomic E-state index is 12.8. The number of ether oxygens (including phenoxy) is 1. The Morgan fingerprint density at radius 1 is 1.23 bits per heavy atom. The van der Waals surface area contributed by atoms with E-state index in [0.29, 0.717) is 25.2 Å². The number of rotatable bonds is 7. The van der Waals surface area contributed by atoms with Crippen LogP contribution in [0.25, 0.3) is 0 Å². The summed E-state index contributed by atoms with van der Waals surface area (Å²) in [6.45, 7) is 5.00. The number of oxime groups is 1. The molecule has 1 fully saturated rings. The number of methoxy groups -OCH3 is 1. The molecule has 3 heterocycles. The first-order valence-electron chi connectivity index (χ1n) is 9.94. The zero-order valence-electron chi connectivity index (χ0n) is 17.3. The van der Waals surface area contributed by atoms with Crippen LogP contribution in [0, 0.1) is 5.92 Å². The van der Waals surface area contributed by atoms with E-state index in [1.165, 1.54) is 4.90 Å². The van der Waals surface area contributed by atoms with Gasteiger partial charge in [-0.05, 0) is 38.0 Å². The summed E-state index contributed by atoms with van der Waals surface area (Å²) in [5.41, 5.74) is 2.47. The van der Waals surface area contributed by atoms with E-state index in [2.05, 4.69) is 10.3 Å². The maximum absolute atomic E-state index is 12.8. The fourth-order valence-corrected chi connectivity index (χ4v) is 3.73. The van der Waals surface area contributed by atoms with Gasteiger partial charge in [-0.1, -0.05) is 17.3 Å². The fraction of sp³-hybridized carbons (Fsp3) is 0.429. The monoisotopic (exact) mass is 411 g/mol. The Labute approximate surface area is 174 Å². The molecular weight excluding hydrogens is 386 g/mol. The number of amides is 3. The Kier molecular flexibility index (Phi) is 5.43. The molecule has 0 N–H and O–H groups in total. The molecule has 3 amide bonds. The highest BCUT2D eigenvalue weighted by Gasteiger charge is 2.37. The summed E-state index contributed by atoms with van der Waals surface area (Å²) in [6, 6.07) is 7.37. The summed E-state index contributed by atoms with van der Waals surface area (Å²) in [7, 11) is 1.62. The molecule has 0 bridgehead atoms. The summed E-state index contributed by atoms with van der Waals surface area (Å²) < 4.78 is 6.89. The average Bonchev–Trinajstić information content (AvgIpc) is 3.41. The van der Waals surface area contributed by atoms with Gasteiger partial charge in [-0.15, -0.1) is 0 Å². The third kappa shape index (κ3) is 3.87. The van der Waals surface area contributed by atoms with Crippen molar-refractivity contribution in [1.82, 2.24) is 14.7 Å². The van der Waals surface area contributed by atoms with Crippen LogP contribution in [-0.2, 0) is 22.6 Å². The number of carbonyl (C=O) groups is 2. The lowest BCUT2D eigenvalue weighted by Crippen LogP contribution is -2.33. The maximum Gasteiger partial charge on any atom is 0.331 e. The number of carbonyl (C=O) groups excluding carboxylic acids is 2. The highest BCUT2D eigenvalue weighted by Crippen LogP contribution is 2.24. The normalized spacial score (nSPS) is 21.2. The molecule has 0 aliphatic carbocycles. The van der Waals surface area contributed by atoms with Crippen molar-refractivity contribution in [3.8, 4) is 5.75 Å². The van der Waals surface area contributed by atoms with Crippen molar-refractivity contribution in [1.29, 1.82) is 0 Å². The van der Waals surface area contributed by atoms with Crippen LogP contribution in [0.4, 0.5) is 10.5 Å². The lowest BCUT2D eigenvalue weighted by atomic mass is 10.00. The summed E-state index contributed by atoms with van der Waals surface area (Å²) in [5.74, 6) is 0.655. The number of nitrogens with zero attached hydrogens (tertiary/aromatic N) is 5. The minimum Gasteiger partial charge on any atom is -0.497 e. The van der Waals surface area contributed by atoms with Crippen LogP contribution in [0.1, 0.15) is 19.4 Å². The van der Waals surface area contributed by atoms with Crippen molar-refractivity contribution < 1.29 is 19.2 Å². The van der Waals surface area contributed by atoms with Gasteiger partial charge in [0.25, 0.3) is 5.91 Å². The molecule has 4 rings (SSSR count). The van der Waals surface area contributed by atoms with Gasteiger partial charge in [0.05, 0.1) is 37.2 Å². The van der Waals surface area contributed by atoms with E-state index in [0.717, 1.165) is 17.0 Å². The summed E-state index contributed by atoms with van der Waals surface area (Å²) >= 11 is 0. The van der Waals surface area contributed by atoms with E-state index in [-0.39, 0.29) is 30.5 Å². The fourth-order valence-electron chi connectivity index (χ4n) is 3.73. The average molecular weight is 411 g/mol. The van der Waals surface area contributed by atoms with Crippen LogP contribution in [0.2, 0.25) is 0 Å². The number of anilines is 1. The zero-order chi connectivity index (χ0) is 21.3. The van der Waals surface area contributed by atoms with Crippen LogP contribution in [0.3, 0.4) is 0 Å². The molecule has 9 heteroatoms. The Bertz CT molecular complexity index is 968. The third-order valence-corrected chi connectivity index (χ3v) is 5.59. The Morgan fingerprint density at radius 2 is 2.00 bits per heavy atom. The van der Waals surface area contributed by atoms with Crippen molar-refractivity contribution >= 4 is 23.3 Å². The first kappa shape index (κ1) is 19.9. The first-order chi connectivity index (χ1) is 14.5. The van der Waals surface area contributed by atoms with Crippen LogP contribution >= 0.6 is 0 Å². The first-order valence-corrected chi connectivity index (χ1v) is 9.94. The van der Waals surface area contributed by atoms with Crippen LogP contribution in [0.5, 0.6) is 5.75 Å². The molecule has 1 aromatic heterocycles. The van der Waals surface area contributed by atoms with E-state index in [9.17, 15) is 9.59 Å². The molecule has 1 saturated heterocycles. The van der Waals surface area contributed by atoms with Crippen molar-refractivity contribution in [2.75, 3.05) is 25.1 Å². The number of aromatic nitrogens is 2. The molecule has 2 aliphatic heterocycles. The van der Waals surface area contributed by atoms with E-state index < -0.39 is 0 Å². The predicted molar refractivity (Wildman–Crippen MR) is 111 cm³/mol. The molecule has 2 unspecified atom stereocenters. The summed E-state index contributed by atoms with van der Waals surface area (Å²) in [6.07, 6.45) is 3.91. The predicted octanol–water partition coefficient (Wildman–Crippen LogP) is 2.31. The van der Waals surface area contributed by atoms with E-state index in [1.54, 1.807) is 29.1 Å². The second kappa shape index (κ2) is 8.17. The smallest absolute Gasteiger partial charge is 0.331 e. The molecule has 2 aromatic rings. The van der Waals surface area contributed by atoms with Gasteiger partial charge in [0.1, 0.15) is 18.4 Å². The highest BCUT2D eigenvalue weighted by molar-refractivity contribution is 6.19. The standard InChI is InChI=1S/C21H25N5O4/c1-14-19(15(2)30-23-14)12-25-11-17(10-22-25)26-20(27)13-24(21(26)28)9-8-16-4-6-18(29-3)7-5-16/h4-7,10-11,15,19H,8-9,12-13H2,1-3H3. The number of hydrogen-bond donors (Lipinski definition) is 0. The largest absolute Gasteiger partial charge is 0.497 e. The molecule has 0 spiro atoms. The second-order valence-corrected chi connectivity index (χ2v) is 7.60. The molecular formula is C21H25N5O4. The molecule has 1 aromatic carbocycles. The van der Waals surface area contributed by atoms with Crippen LogP contribution in [-0.4, -0.2) is 58.6 Å². The lowest BCUT2D eigenvalue weighted by molar-refractivity contribution is -0.116. The summed E-state index contributed by atoms with van der Waals surface area (Å²) in [4.78, 5) is 33.4. The zero-order valence-corrected chi connectivity index (χ0v) is 17.3. The Hall–Kier alpha value is -3.36. The molecule has 9 nitrogen and oxygen atoms in total. The molecule has 0 saturated carbocycles. The van der Waals surface area contributed by atoms with Gasteiger partial charge in [0, 0.05) is 12.7 Å². The van der Waals surface area contributed by atoms with E-state index >= 15 is 0 Å². The van der Waals surface area contributed by atoms with E-state index in [4.69, 9.17) is 9.57 Å². The van der Waals surface area contributed by atoms with Crippen molar-refractivity contribution in [2.45, 2.75) is 32.9 Å². The second-order valence-electron chi connectivity index (χ2n) is 7.60. The molecule has 0 radical (unpaired) electrons. The number of hydrogen-bond acceptors (Lipinski definition) is 6. The minimum atomic E-state index is -0.316. The number of benzene rings is 1. The van der Waals surface area contributed by atoms with Crippen molar-refractivity contribution in [2.24, 2.45) is 11.1 Å². The van der Waals surface area contributed by atoms with Crippen molar-refractivity contribution in [3.63, 3.8) is 0 Å². The Balaban J connectivity index is 1.39. The number of urea groups is 1. The van der Waals surface area contributed by atoms with Gasteiger partial charge in [0.2, 0.25) is 0 Å². The third-order valence-electron chi connectivity index (χ3n) is 5.59. The topological polar surface area (TPSA) is 89.3 Å². The lowest BCUT2D eigenvalue weighted by Gasteiger charge is -2.16. The van der Waals surface area contributed by atoms with Gasteiger partial charge in [-0.25, -0.2) is 9.69 Å². The quantitative estimate of drug-likeness (QED) is 0.653. The SMILES string of the molecule is COc1ccc(CCN2CC(=O)N(c3cnn(CC4C(C)=NOC4C)c3)C2=O)cc1. The highest BCUT2D eigenvalue weighted by atomic mass is 16.6. The van der Waals surface area contributed by atoms with Gasteiger partial charge in [0.15, 0.2) is 0 Å². The molecule has 2 atom stereocenters. The minimum absolute atomic E-state index is 0.0267. The van der Waals surface area contributed by atoms with E-state index in [1.807, 2.05) is 38.1 Å². The Morgan fingerprint density at radius 3 is 2.67 bits per heavy atom. The molecule has 30 heavy (non-hydrogen) atoms. The van der Waals surface area contributed by atoms with Gasteiger partial charge in [-0.2, -0.15) is 5.10 Å². The van der Waals surface area contributed by atoms with Crippen LogP contribution < -0.4 is 9.64 Å². The molecule has 158 valence electrons. The van der Waals surface area contributed by atoms with Gasteiger partial charge in [-0.3, -0.25) is 9.48 Å². The van der Waals surface area contributed by atoms with Crippen molar-refractivity contribution in [3.05, 3.63) is 42.2 Å². The van der Waals surface area contributed by atoms with Gasteiger partial charge >= 0.3 is 6.03 Å². The van der Waals surface area contributed by atoms with Crippen LogP contribution in [0.15, 0.2) is 41.8 Å². The molecule has 2 aliphatic rings.